The van der Waals surface area contributed by atoms with Crippen LogP contribution < -0.4 is 5.32 Å². The highest BCUT2D eigenvalue weighted by molar-refractivity contribution is 5.85. The minimum atomic E-state index is -1.24. The Balaban J connectivity index is 2.49. The molecule has 1 saturated heterocycles. The van der Waals surface area contributed by atoms with Gasteiger partial charge in [0.1, 0.15) is 6.04 Å². The molecule has 0 unspecified atom stereocenters. The quantitative estimate of drug-likeness (QED) is 0.617. The highest BCUT2D eigenvalue weighted by Crippen LogP contribution is 2.17. The molecule has 1 rings (SSSR count). The van der Waals surface area contributed by atoms with Gasteiger partial charge in [-0.15, -0.1) is 0 Å². The molecule has 0 aromatic heterocycles. The first-order valence-electron chi connectivity index (χ1n) is 6.81. The van der Waals surface area contributed by atoms with Crippen LogP contribution in [0.3, 0.4) is 0 Å². The molecule has 1 heterocycles. The average Bonchev–Trinajstić information content (AvgIpc) is 2.42. The van der Waals surface area contributed by atoms with Crippen LogP contribution in [0.5, 0.6) is 0 Å². The Bertz CT molecular complexity index is 428. The van der Waals surface area contributed by atoms with Crippen molar-refractivity contribution < 1.29 is 29.4 Å². The molecule has 0 spiro atoms. The van der Waals surface area contributed by atoms with Crippen LogP contribution in [0.2, 0.25) is 0 Å². The molecule has 0 aromatic carbocycles. The van der Waals surface area contributed by atoms with Crippen molar-refractivity contribution in [3.63, 3.8) is 0 Å². The van der Waals surface area contributed by atoms with Crippen LogP contribution in [0.1, 0.15) is 32.6 Å². The first kappa shape index (κ1) is 16.9. The van der Waals surface area contributed by atoms with E-state index in [1.54, 1.807) is 4.90 Å². The third-order valence-electron chi connectivity index (χ3n) is 3.57. The van der Waals surface area contributed by atoms with Gasteiger partial charge in [0, 0.05) is 32.4 Å². The molecule has 1 fully saturated rings. The van der Waals surface area contributed by atoms with Gasteiger partial charge in [0.2, 0.25) is 11.8 Å². The zero-order valence-electron chi connectivity index (χ0n) is 11.9. The molecule has 8 heteroatoms. The fourth-order valence-electron chi connectivity index (χ4n) is 2.27. The molecule has 3 N–H and O–H groups in total. The number of piperidine rings is 1. The van der Waals surface area contributed by atoms with Gasteiger partial charge in [-0.2, -0.15) is 0 Å². The van der Waals surface area contributed by atoms with E-state index in [9.17, 15) is 19.2 Å². The molecule has 1 aliphatic rings. The van der Waals surface area contributed by atoms with Crippen molar-refractivity contribution in [2.24, 2.45) is 5.92 Å². The number of hydrogen-bond donors (Lipinski definition) is 3. The lowest BCUT2D eigenvalue weighted by molar-refractivity contribution is -0.144. The highest BCUT2D eigenvalue weighted by Gasteiger charge is 2.29. The van der Waals surface area contributed by atoms with Crippen LogP contribution in [-0.2, 0) is 19.2 Å². The van der Waals surface area contributed by atoms with Crippen molar-refractivity contribution in [2.45, 2.75) is 38.6 Å². The Morgan fingerprint density at radius 1 is 1.19 bits per heavy atom. The molecule has 0 aliphatic carbocycles. The third-order valence-corrected chi connectivity index (χ3v) is 3.57. The Morgan fingerprint density at radius 3 is 2.19 bits per heavy atom. The summed E-state index contributed by atoms with van der Waals surface area (Å²) in [6, 6.07) is -1.19. The lowest BCUT2D eigenvalue weighted by Gasteiger charge is -2.31. The van der Waals surface area contributed by atoms with Crippen LogP contribution >= 0.6 is 0 Å². The second-order valence-corrected chi connectivity index (χ2v) is 5.11. The van der Waals surface area contributed by atoms with E-state index in [1.807, 2.05) is 0 Å². The minimum Gasteiger partial charge on any atom is -0.481 e. The average molecular weight is 300 g/mol. The molecule has 0 bridgehead atoms. The van der Waals surface area contributed by atoms with Crippen molar-refractivity contribution in [3.05, 3.63) is 0 Å². The topological polar surface area (TPSA) is 124 Å². The maximum Gasteiger partial charge on any atom is 0.326 e. The predicted molar refractivity (Wildman–Crippen MR) is 71.4 cm³/mol. The van der Waals surface area contributed by atoms with Gasteiger partial charge in [-0.3, -0.25) is 14.4 Å². The van der Waals surface area contributed by atoms with E-state index in [0.717, 1.165) is 0 Å². The second kappa shape index (κ2) is 7.61. The summed E-state index contributed by atoms with van der Waals surface area (Å²) in [4.78, 5) is 46.3. The number of likely N-dealkylation sites (tertiary alicyclic amines) is 1. The molecule has 118 valence electrons. The van der Waals surface area contributed by atoms with Crippen LogP contribution in [0.15, 0.2) is 0 Å². The smallest absolute Gasteiger partial charge is 0.326 e. The summed E-state index contributed by atoms with van der Waals surface area (Å²) >= 11 is 0. The predicted octanol–water partition coefficient (Wildman–Crippen LogP) is -0.321. The van der Waals surface area contributed by atoms with Crippen molar-refractivity contribution in [2.75, 3.05) is 13.1 Å². The lowest BCUT2D eigenvalue weighted by atomic mass is 9.95. The zero-order chi connectivity index (χ0) is 16.0. The Labute approximate surface area is 122 Å². The first-order chi connectivity index (χ1) is 9.81. The van der Waals surface area contributed by atoms with Gasteiger partial charge in [0.15, 0.2) is 0 Å². The van der Waals surface area contributed by atoms with Gasteiger partial charge in [0.25, 0.3) is 0 Å². The van der Waals surface area contributed by atoms with Crippen LogP contribution in [0, 0.1) is 5.92 Å². The van der Waals surface area contributed by atoms with Crippen LogP contribution in [0.4, 0.5) is 0 Å². The molecule has 8 nitrogen and oxygen atoms in total. The second-order valence-electron chi connectivity index (χ2n) is 5.11. The van der Waals surface area contributed by atoms with Crippen LogP contribution in [-0.4, -0.2) is 58.0 Å². The molecule has 2 amide bonds. The summed E-state index contributed by atoms with van der Waals surface area (Å²) in [5.74, 6) is -3.13. The van der Waals surface area contributed by atoms with Crippen LogP contribution in [0.25, 0.3) is 0 Å². The minimum absolute atomic E-state index is 0.0428. The van der Waals surface area contributed by atoms with Gasteiger partial charge in [-0.05, 0) is 19.3 Å². The number of rotatable bonds is 6. The van der Waals surface area contributed by atoms with E-state index in [1.165, 1.54) is 6.92 Å². The largest absolute Gasteiger partial charge is 0.481 e. The molecule has 1 aliphatic heterocycles. The number of carbonyl (C=O) groups excluding carboxylic acids is 2. The number of carboxylic acids is 2. The number of carbonyl (C=O) groups is 4. The summed E-state index contributed by atoms with van der Waals surface area (Å²) < 4.78 is 0. The number of hydrogen-bond acceptors (Lipinski definition) is 4. The molecular formula is C13H20N2O6. The van der Waals surface area contributed by atoms with Crippen molar-refractivity contribution in [1.29, 1.82) is 0 Å². The number of aliphatic carboxylic acids is 2. The molecular weight excluding hydrogens is 280 g/mol. The third kappa shape index (κ3) is 5.41. The molecule has 0 aromatic rings. The summed E-state index contributed by atoms with van der Waals surface area (Å²) in [7, 11) is 0. The van der Waals surface area contributed by atoms with Crippen molar-refractivity contribution >= 4 is 23.8 Å². The fourth-order valence-corrected chi connectivity index (χ4v) is 2.27. The van der Waals surface area contributed by atoms with Crippen molar-refractivity contribution in [1.82, 2.24) is 10.2 Å². The normalized spacial score (nSPS) is 17.1. The van der Waals surface area contributed by atoms with E-state index in [-0.39, 0.29) is 24.7 Å². The highest BCUT2D eigenvalue weighted by atomic mass is 16.4. The van der Waals surface area contributed by atoms with E-state index in [2.05, 4.69) is 5.32 Å². The van der Waals surface area contributed by atoms with Gasteiger partial charge in [-0.1, -0.05) is 0 Å². The summed E-state index contributed by atoms with van der Waals surface area (Å²) in [5.41, 5.74) is 0. The summed E-state index contributed by atoms with van der Waals surface area (Å²) in [6.45, 7) is 2.41. The Kier molecular flexibility index (Phi) is 6.13. The van der Waals surface area contributed by atoms with Gasteiger partial charge in [0.05, 0.1) is 0 Å². The van der Waals surface area contributed by atoms with E-state index < -0.39 is 23.9 Å². The summed E-state index contributed by atoms with van der Waals surface area (Å²) in [6.07, 6.45) is 0.496. The monoisotopic (exact) mass is 300 g/mol. The lowest BCUT2D eigenvalue weighted by Crippen LogP contribution is -2.47. The Morgan fingerprint density at radius 2 is 1.76 bits per heavy atom. The molecule has 1 atom stereocenters. The van der Waals surface area contributed by atoms with E-state index >= 15 is 0 Å². The molecule has 0 radical (unpaired) electrons. The fraction of sp³-hybridized carbons (Fsp3) is 0.692. The molecule has 21 heavy (non-hydrogen) atoms. The number of amides is 2. The van der Waals surface area contributed by atoms with Gasteiger partial charge >= 0.3 is 11.9 Å². The van der Waals surface area contributed by atoms with Gasteiger partial charge in [-0.25, -0.2) is 4.79 Å². The standard InChI is InChI=1S/C13H20N2O6/c1-8(16)15-6-4-9(5-7-15)12(19)14-10(13(20)21)2-3-11(17)18/h9-10H,2-7H2,1H3,(H,14,19)(H,17,18)(H,20,21)/t10-/m0/s1. The number of nitrogens with zero attached hydrogens (tertiary/aromatic N) is 1. The number of carboxylic acid groups (broad SMARTS) is 2. The summed E-state index contributed by atoms with van der Waals surface area (Å²) in [5, 5.41) is 19.9. The SMILES string of the molecule is CC(=O)N1CCC(C(=O)N[C@@H](CCC(=O)O)C(=O)O)CC1. The zero-order valence-corrected chi connectivity index (χ0v) is 11.9. The van der Waals surface area contributed by atoms with E-state index in [4.69, 9.17) is 10.2 Å². The number of nitrogens with one attached hydrogen (secondary N) is 1. The maximum absolute atomic E-state index is 12.0. The van der Waals surface area contributed by atoms with Gasteiger partial charge < -0.3 is 20.4 Å². The Hall–Kier alpha value is -2.12. The van der Waals surface area contributed by atoms with Crippen molar-refractivity contribution in [3.8, 4) is 0 Å². The van der Waals surface area contributed by atoms with E-state index in [0.29, 0.717) is 25.9 Å². The maximum atomic E-state index is 12.0. The first-order valence-corrected chi connectivity index (χ1v) is 6.81. The molecule has 0 saturated carbocycles.